The van der Waals surface area contributed by atoms with Crippen LogP contribution in [0.2, 0.25) is 0 Å². The molecule has 3 rings (SSSR count). The molecule has 0 fully saturated rings. The number of pyridine rings is 1. The quantitative estimate of drug-likeness (QED) is 0.722. The number of fused-ring (bicyclic) bond motifs is 1. The van der Waals surface area contributed by atoms with Crippen LogP contribution in [0.1, 0.15) is 10.6 Å². The first kappa shape index (κ1) is 12.1. The molecule has 0 radical (unpaired) electrons. The average molecular weight is 267 g/mol. The van der Waals surface area contributed by atoms with Crippen LogP contribution in [0.5, 0.6) is 0 Å². The Kier molecular flexibility index (Phi) is 3.38. The van der Waals surface area contributed by atoms with Gasteiger partial charge in [-0.1, -0.05) is 30.3 Å². The zero-order valence-electron chi connectivity index (χ0n) is 10.4. The second-order valence-corrected chi connectivity index (χ2v) is 5.50. The SMILES string of the molecule is O=C(Cc1ccc2ccccc2n1)Cc1cccs1. The summed E-state index contributed by atoms with van der Waals surface area (Å²) in [6.45, 7) is 0. The number of carbonyl (C=O) groups excluding carboxylic acids is 1. The highest BCUT2D eigenvalue weighted by atomic mass is 32.1. The molecule has 0 amide bonds. The number of carbonyl (C=O) groups is 1. The zero-order valence-corrected chi connectivity index (χ0v) is 11.2. The summed E-state index contributed by atoms with van der Waals surface area (Å²) in [4.78, 5) is 17.6. The fourth-order valence-corrected chi connectivity index (χ4v) is 2.81. The lowest BCUT2D eigenvalue weighted by atomic mass is 10.1. The number of hydrogen-bond donors (Lipinski definition) is 0. The summed E-state index contributed by atoms with van der Waals surface area (Å²) in [5.74, 6) is 0.213. The van der Waals surface area contributed by atoms with E-state index in [1.165, 1.54) is 0 Å². The maximum Gasteiger partial charge on any atom is 0.144 e. The third-order valence-corrected chi connectivity index (χ3v) is 3.86. The van der Waals surface area contributed by atoms with Crippen LogP contribution in [-0.4, -0.2) is 10.8 Å². The van der Waals surface area contributed by atoms with Crippen LogP contribution >= 0.6 is 11.3 Å². The summed E-state index contributed by atoms with van der Waals surface area (Å²) in [6, 6.07) is 15.9. The second kappa shape index (κ2) is 5.33. The molecule has 0 N–H and O–H groups in total. The first-order valence-electron chi connectivity index (χ1n) is 6.20. The van der Waals surface area contributed by atoms with Crippen molar-refractivity contribution in [1.82, 2.24) is 4.98 Å². The van der Waals surface area contributed by atoms with Gasteiger partial charge < -0.3 is 0 Å². The van der Waals surface area contributed by atoms with Crippen LogP contribution in [0, 0.1) is 0 Å². The molecular formula is C16H13NOS. The molecule has 94 valence electrons. The van der Waals surface area contributed by atoms with Crippen molar-refractivity contribution in [3.8, 4) is 0 Å². The summed E-state index contributed by atoms with van der Waals surface area (Å²) >= 11 is 1.62. The van der Waals surface area contributed by atoms with Crippen molar-refractivity contribution in [2.24, 2.45) is 0 Å². The molecule has 2 nitrogen and oxygen atoms in total. The second-order valence-electron chi connectivity index (χ2n) is 4.47. The van der Waals surface area contributed by atoms with Crippen LogP contribution in [-0.2, 0) is 17.6 Å². The summed E-state index contributed by atoms with van der Waals surface area (Å²) < 4.78 is 0. The Hall–Kier alpha value is -2.00. The normalized spacial score (nSPS) is 10.7. The van der Waals surface area contributed by atoms with E-state index in [0.29, 0.717) is 12.8 Å². The first-order chi connectivity index (χ1) is 9.31. The lowest BCUT2D eigenvalue weighted by molar-refractivity contribution is -0.117. The average Bonchev–Trinajstić information content (AvgIpc) is 2.91. The number of benzene rings is 1. The Labute approximate surface area is 115 Å². The Morgan fingerprint density at radius 3 is 2.74 bits per heavy atom. The summed E-state index contributed by atoms with van der Waals surface area (Å²) in [6.07, 6.45) is 0.912. The third-order valence-electron chi connectivity index (χ3n) is 2.99. The van der Waals surface area contributed by atoms with Crippen molar-refractivity contribution in [2.45, 2.75) is 12.8 Å². The Morgan fingerprint density at radius 2 is 1.89 bits per heavy atom. The van der Waals surface area contributed by atoms with Gasteiger partial charge in [-0.2, -0.15) is 0 Å². The molecule has 2 heterocycles. The van der Waals surface area contributed by atoms with Gasteiger partial charge in [0.1, 0.15) is 5.78 Å². The summed E-state index contributed by atoms with van der Waals surface area (Å²) in [7, 11) is 0. The third kappa shape index (κ3) is 2.88. The largest absolute Gasteiger partial charge is 0.299 e. The van der Waals surface area contributed by atoms with E-state index in [1.807, 2.05) is 53.9 Å². The molecule has 19 heavy (non-hydrogen) atoms. The number of nitrogens with zero attached hydrogens (tertiary/aromatic N) is 1. The highest BCUT2D eigenvalue weighted by Gasteiger charge is 2.07. The summed E-state index contributed by atoms with van der Waals surface area (Å²) in [5, 5.41) is 3.11. The topological polar surface area (TPSA) is 30.0 Å². The number of thiophene rings is 1. The molecule has 1 aromatic carbocycles. The monoisotopic (exact) mass is 267 g/mol. The van der Waals surface area contributed by atoms with E-state index < -0.39 is 0 Å². The molecule has 0 saturated carbocycles. The predicted octanol–water partition coefficient (Wildman–Crippen LogP) is 3.65. The van der Waals surface area contributed by atoms with E-state index >= 15 is 0 Å². The molecule has 0 atom stereocenters. The van der Waals surface area contributed by atoms with Gasteiger partial charge >= 0.3 is 0 Å². The minimum Gasteiger partial charge on any atom is -0.299 e. The molecular weight excluding hydrogens is 254 g/mol. The van der Waals surface area contributed by atoms with Gasteiger partial charge in [-0.15, -0.1) is 11.3 Å². The first-order valence-corrected chi connectivity index (χ1v) is 7.08. The van der Waals surface area contributed by atoms with Crippen LogP contribution in [0.15, 0.2) is 53.9 Å². The van der Waals surface area contributed by atoms with E-state index in [9.17, 15) is 4.79 Å². The molecule has 3 heteroatoms. The Balaban J connectivity index is 1.75. The number of para-hydroxylation sites is 1. The van der Waals surface area contributed by atoms with E-state index in [1.54, 1.807) is 11.3 Å². The molecule has 3 aromatic rings. The molecule has 0 aliphatic heterocycles. The van der Waals surface area contributed by atoms with Crippen molar-refractivity contribution in [3.63, 3.8) is 0 Å². The van der Waals surface area contributed by atoms with E-state index in [0.717, 1.165) is 21.5 Å². The minimum atomic E-state index is 0.213. The Bertz CT molecular complexity index is 704. The van der Waals surface area contributed by atoms with Crippen molar-refractivity contribution in [2.75, 3.05) is 0 Å². The lowest BCUT2D eigenvalue weighted by Gasteiger charge is -2.02. The van der Waals surface area contributed by atoms with Crippen LogP contribution in [0.4, 0.5) is 0 Å². The van der Waals surface area contributed by atoms with Gasteiger partial charge in [-0.3, -0.25) is 9.78 Å². The highest BCUT2D eigenvalue weighted by molar-refractivity contribution is 7.10. The van der Waals surface area contributed by atoms with Gasteiger partial charge in [0.15, 0.2) is 0 Å². The van der Waals surface area contributed by atoms with E-state index in [2.05, 4.69) is 4.98 Å². The van der Waals surface area contributed by atoms with Crippen LogP contribution in [0.25, 0.3) is 10.9 Å². The van der Waals surface area contributed by atoms with Crippen molar-refractivity contribution >= 4 is 28.0 Å². The molecule has 0 spiro atoms. The van der Waals surface area contributed by atoms with Crippen molar-refractivity contribution < 1.29 is 4.79 Å². The van der Waals surface area contributed by atoms with Crippen LogP contribution < -0.4 is 0 Å². The number of hydrogen-bond acceptors (Lipinski definition) is 3. The Morgan fingerprint density at radius 1 is 1.00 bits per heavy atom. The minimum absolute atomic E-state index is 0.213. The van der Waals surface area contributed by atoms with Gasteiger partial charge in [-0.25, -0.2) is 0 Å². The molecule has 0 bridgehead atoms. The highest BCUT2D eigenvalue weighted by Crippen LogP contribution is 2.14. The van der Waals surface area contributed by atoms with Crippen molar-refractivity contribution in [1.29, 1.82) is 0 Å². The maximum atomic E-state index is 12.0. The van der Waals surface area contributed by atoms with Gasteiger partial charge in [0.05, 0.1) is 5.52 Å². The number of Topliss-reactive ketones (excluding diaryl/α,β-unsaturated/α-hetero) is 1. The van der Waals surface area contributed by atoms with Gasteiger partial charge in [0.2, 0.25) is 0 Å². The predicted molar refractivity (Wildman–Crippen MR) is 78.5 cm³/mol. The zero-order chi connectivity index (χ0) is 13.1. The summed E-state index contributed by atoms with van der Waals surface area (Å²) in [5.41, 5.74) is 1.80. The maximum absolute atomic E-state index is 12.0. The fourth-order valence-electron chi connectivity index (χ4n) is 2.08. The van der Waals surface area contributed by atoms with Gasteiger partial charge in [-0.05, 0) is 23.6 Å². The van der Waals surface area contributed by atoms with Crippen molar-refractivity contribution in [3.05, 3.63) is 64.5 Å². The number of ketones is 1. The smallest absolute Gasteiger partial charge is 0.144 e. The van der Waals surface area contributed by atoms with E-state index in [4.69, 9.17) is 0 Å². The van der Waals surface area contributed by atoms with Gasteiger partial charge in [0, 0.05) is 28.8 Å². The molecule has 0 saturated heterocycles. The number of aromatic nitrogens is 1. The molecule has 0 aliphatic carbocycles. The van der Waals surface area contributed by atoms with Gasteiger partial charge in [0.25, 0.3) is 0 Å². The van der Waals surface area contributed by atoms with Crippen LogP contribution in [0.3, 0.4) is 0 Å². The molecule has 0 aliphatic rings. The number of rotatable bonds is 4. The lowest BCUT2D eigenvalue weighted by Crippen LogP contribution is -2.06. The molecule has 0 unspecified atom stereocenters. The standard InChI is InChI=1S/C16H13NOS/c18-14(11-15-5-3-9-19-15)10-13-8-7-12-4-1-2-6-16(12)17-13/h1-9H,10-11H2. The van der Waals surface area contributed by atoms with E-state index in [-0.39, 0.29) is 5.78 Å². The fraction of sp³-hybridized carbons (Fsp3) is 0.125. The molecule has 2 aromatic heterocycles.